The molecular weight excluding hydrogens is 287 g/mol. The van der Waals surface area contributed by atoms with Crippen LogP contribution in [-0.2, 0) is 0 Å². The zero-order valence-electron chi connectivity index (χ0n) is 9.69. The molecule has 0 aromatic heterocycles. The maximum absolute atomic E-state index is 11.0. The fraction of sp³-hybridized carbons (Fsp3) is 0. The maximum Gasteiger partial charge on any atom is 0.248 e. The highest BCUT2D eigenvalue weighted by molar-refractivity contribution is 6.42. The van der Waals surface area contributed by atoms with Crippen LogP contribution in [0.1, 0.15) is 10.4 Å². The number of carbonyl (C=O) groups excluding carboxylic acids is 1. The molecule has 0 radical (unpaired) electrons. The van der Waals surface area contributed by atoms with E-state index in [1.807, 2.05) is 0 Å². The van der Waals surface area contributed by atoms with Crippen LogP contribution in [0.4, 0.5) is 5.69 Å². The first-order valence-electron chi connectivity index (χ1n) is 5.30. The maximum atomic E-state index is 11.0. The molecule has 0 aliphatic carbocycles. The average molecular weight is 297 g/mol. The third-order valence-corrected chi connectivity index (χ3v) is 3.23. The van der Waals surface area contributed by atoms with Crippen molar-refractivity contribution in [3.8, 4) is 11.5 Å². The van der Waals surface area contributed by atoms with E-state index in [0.29, 0.717) is 27.1 Å². The van der Waals surface area contributed by atoms with Gasteiger partial charge in [0.25, 0.3) is 0 Å². The molecule has 0 atom stereocenters. The lowest BCUT2D eigenvalue weighted by Gasteiger charge is -2.11. The van der Waals surface area contributed by atoms with Gasteiger partial charge in [-0.05, 0) is 30.3 Å². The number of rotatable bonds is 3. The van der Waals surface area contributed by atoms with E-state index >= 15 is 0 Å². The van der Waals surface area contributed by atoms with Crippen molar-refractivity contribution in [2.24, 2.45) is 5.73 Å². The van der Waals surface area contributed by atoms with Gasteiger partial charge in [0, 0.05) is 5.56 Å². The van der Waals surface area contributed by atoms with Gasteiger partial charge in [-0.1, -0.05) is 29.3 Å². The Kier molecular flexibility index (Phi) is 3.83. The molecule has 0 heterocycles. The number of halogens is 2. The second-order valence-electron chi connectivity index (χ2n) is 3.77. The summed E-state index contributed by atoms with van der Waals surface area (Å²) in [7, 11) is 0. The highest BCUT2D eigenvalue weighted by Crippen LogP contribution is 2.36. The van der Waals surface area contributed by atoms with Crippen molar-refractivity contribution >= 4 is 34.8 Å². The number of nitrogen functional groups attached to an aromatic ring is 1. The molecule has 0 aliphatic heterocycles. The van der Waals surface area contributed by atoms with Crippen LogP contribution in [0.15, 0.2) is 36.4 Å². The summed E-state index contributed by atoms with van der Waals surface area (Å²) in [5.41, 5.74) is 11.5. The van der Waals surface area contributed by atoms with Crippen LogP contribution >= 0.6 is 23.2 Å². The SMILES string of the molecule is NC(=O)c1ccc(Oc2cccc(Cl)c2Cl)c(N)c1. The summed E-state index contributed by atoms with van der Waals surface area (Å²) in [5.74, 6) is 0.195. The molecule has 0 aliphatic rings. The van der Waals surface area contributed by atoms with E-state index in [0.717, 1.165) is 0 Å². The van der Waals surface area contributed by atoms with E-state index in [-0.39, 0.29) is 5.69 Å². The largest absolute Gasteiger partial charge is 0.454 e. The van der Waals surface area contributed by atoms with Gasteiger partial charge in [0.15, 0.2) is 0 Å². The molecular formula is C13H10Cl2N2O2. The molecule has 0 fully saturated rings. The number of ether oxygens (including phenoxy) is 1. The van der Waals surface area contributed by atoms with Gasteiger partial charge in [0.2, 0.25) is 5.91 Å². The number of hydrogen-bond acceptors (Lipinski definition) is 3. The van der Waals surface area contributed by atoms with Gasteiger partial charge in [0.05, 0.1) is 10.7 Å². The molecule has 2 aromatic rings. The first-order chi connectivity index (χ1) is 8.99. The quantitative estimate of drug-likeness (QED) is 0.851. The molecule has 0 saturated heterocycles. The minimum atomic E-state index is -0.556. The molecule has 19 heavy (non-hydrogen) atoms. The van der Waals surface area contributed by atoms with Crippen LogP contribution in [0.2, 0.25) is 10.0 Å². The van der Waals surface area contributed by atoms with E-state index < -0.39 is 5.91 Å². The predicted molar refractivity (Wildman–Crippen MR) is 75.9 cm³/mol. The van der Waals surface area contributed by atoms with E-state index in [9.17, 15) is 4.79 Å². The molecule has 2 rings (SSSR count). The smallest absolute Gasteiger partial charge is 0.248 e. The summed E-state index contributed by atoms with van der Waals surface area (Å²) < 4.78 is 5.56. The van der Waals surface area contributed by atoms with Gasteiger partial charge in [-0.25, -0.2) is 0 Å². The number of anilines is 1. The fourth-order valence-corrected chi connectivity index (χ4v) is 1.81. The van der Waals surface area contributed by atoms with Gasteiger partial charge in [-0.15, -0.1) is 0 Å². The Hall–Kier alpha value is -1.91. The molecule has 4 nitrogen and oxygen atoms in total. The van der Waals surface area contributed by atoms with Crippen LogP contribution in [0.3, 0.4) is 0 Å². The number of benzene rings is 2. The highest BCUT2D eigenvalue weighted by Gasteiger charge is 2.10. The van der Waals surface area contributed by atoms with E-state index in [2.05, 4.69) is 0 Å². The average Bonchev–Trinajstić information content (AvgIpc) is 2.37. The molecule has 2 aromatic carbocycles. The Balaban J connectivity index is 2.34. The van der Waals surface area contributed by atoms with Crippen molar-refractivity contribution in [3.05, 3.63) is 52.0 Å². The summed E-state index contributed by atoms with van der Waals surface area (Å²) in [6.45, 7) is 0. The Morgan fingerprint density at radius 3 is 2.47 bits per heavy atom. The van der Waals surface area contributed by atoms with Gasteiger partial charge in [-0.2, -0.15) is 0 Å². The summed E-state index contributed by atoms with van der Waals surface area (Å²) >= 11 is 11.9. The summed E-state index contributed by atoms with van der Waals surface area (Å²) in [5, 5.41) is 0.675. The Bertz CT molecular complexity index is 645. The second kappa shape index (κ2) is 5.38. The van der Waals surface area contributed by atoms with Gasteiger partial charge in [0.1, 0.15) is 16.5 Å². The molecule has 0 bridgehead atoms. The van der Waals surface area contributed by atoms with Gasteiger partial charge in [-0.3, -0.25) is 4.79 Å². The fourth-order valence-electron chi connectivity index (χ4n) is 1.48. The lowest BCUT2D eigenvalue weighted by Crippen LogP contribution is -2.11. The monoisotopic (exact) mass is 296 g/mol. The number of hydrogen-bond donors (Lipinski definition) is 2. The van der Waals surface area contributed by atoms with Crippen LogP contribution in [0, 0.1) is 0 Å². The lowest BCUT2D eigenvalue weighted by atomic mass is 10.2. The zero-order chi connectivity index (χ0) is 14.0. The Morgan fingerprint density at radius 2 is 1.84 bits per heavy atom. The van der Waals surface area contributed by atoms with Crippen molar-refractivity contribution in [2.75, 3.05) is 5.73 Å². The van der Waals surface area contributed by atoms with Crippen LogP contribution in [-0.4, -0.2) is 5.91 Å². The number of nitrogens with two attached hydrogens (primary N) is 2. The molecule has 6 heteroatoms. The molecule has 4 N–H and O–H groups in total. The third kappa shape index (κ3) is 2.92. The Labute approximate surface area is 119 Å². The summed E-state index contributed by atoms with van der Waals surface area (Å²) in [6, 6.07) is 9.53. The Morgan fingerprint density at radius 1 is 1.11 bits per heavy atom. The van der Waals surface area contributed by atoms with Crippen molar-refractivity contribution in [1.29, 1.82) is 0 Å². The number of carbonyl (C=O) groups is 1. The minimum Gasteiger partial charge on any atom is -0.454 e. The molecule has 0 spiro atoms. The minimum absolute atomic E-state index is 0.285. The second-order valence-corrected chi connectivity index (χ2v) is 4.56. The van der Waals surface area contributed by atoms with Crippen LogP contribution < -0.4 is 16.2 Å². The topological polar surface area (TPSA) is 78.3 Å². The summed E-state index contributed by atoms with van der Waals surface area (Å²) in [6.07, 6.45) is 0. The zero-order valence-corrected chi connectivity index (χ0v) is 11.2. The van der Waals surface area contributed by atoms with Crippen molar-refractivity contribution in [3.63, 3.8) is 0 Å². The standard InChI is InChI=1S/C13H10Cl2N2O2/c14-8-2-1-3-11(12(8)15)19-10-5-4-7(13(17)18)6-9(10)16/h1-6H,16H2,(H2,17,18). The summed E-state index contributed by atoms with van der Waals surface area (Å²) in [4.78, 5) is 11.0. The van der Waals surface area contributed by atoms with Gasteiger partial charge >= 0.3 is 0 Å². The third-order valence-electron chi connectivity index (χ3n) is 2.43. The van der Waals surface area contributed by atoms with Gasteiger partial charge < -0.3 is 16.2 Å². The van der Waals surface area contributed by atoms with Crippen LogP contribution in [0.25, 0.3) is 0 Å². The van der Waals surface area contributed by atoms with Crippen LogP contribution in [0.5, 0.6) is 11.5 Å². The highest BCUT2D eigenvalue weighted by atomic mass is 35.5. The first-order valence-corrected chi connectivity index (χ1v) is 6.06. The molecule has 0 unspecified atom stereocenters. The normalized spacial score (nSPS) is 10.2. The number of primary amides is 1. The van der Waals surface area contributed by atoms with E-state index in [1.54, 1.807) is 24.3 Å². The predicted octanol–water partition coefficient (Wildman–Crippen LogP) is 3.47. The number of amides is 1. The molecule has 0 saturated carbocycles. The van der Waals surface area contributed by atoms with E-state index in [1.165, 1.54) is 12.1 Å². The first kappa shape index (κ1) is 13.5. The van der Waals surface area contributed by atoms with Crippen molar-refractivity contribution in [2.45, 2.75) is 0 Å². The van der Waals surface area contributed by atoms with E-state index in [4.69, 9.17) is 39.4 Å². The lowest BCUT2D eigenvalue weighted by molar-refractivity contribution is 0.100. The van der Waals surface area contributed by atoms with Crippen molar-refractivity contribution < 1.29 is 9.53 Å². The molecule has 1 amide bonds. The van der Waals surface area contributed by atoms with Crippen molar-refractivity contribution in [1.82, 2.24) is 0 Å². The molecule has 98 valence electrons.